The van der Waals surface area contributed by atoms with E-state index in [-0.39, 0.29) is 0 Å². The molecule has 1 heterocycles. The molecule has 0 aliphatic rings. The van der Waals surface area contributed by atoms with Gasteiger partial charge in [-0.05, 0) is 18.6 Å². The van der Waals surface area contributed by atoms with Crippen LogP contribution in [0.4, 0.5) is 0 Å². The van der Waals surface area contributed by atoms with Gasteiger partial charge in [0, 0.05) is 18.0 Å². The van der Waals surface area contributed by atoms with Crippen molar-refractivity contribution in [3.63, 3.8) is 0 Å². The van der Waals surface area contributed by atoms with E-state index in [0.717, 1.165) is 24.2 Å². The van der Waals surface area contributed by atoms with Gasteiger partial charge in [0.2, 0.25) is 0 Å². The first-order chi connectivity index (χ1) is 11.3. The Labute approximate surface area is 141 Å². The van der Waals surface area contributed by atoms with Crippen LogP contribution in [-0.4, -0.2) is 17.8 Å². The Morgan fingerprint density at radius 2 is 1.70 bits per heavy atom. The summed E-state index contributed by atoms with van der Waals surface area (Å²) in [5, 5.41) is 4.61. The van der Waals surface area contributed by atoms with Crippen LogP contribution in [-0.2, 0) is 11.3 Å². The molecule has 128 valence electrons. The van der Waals surface area contributed by atoms with Crippen molar-refractivity contribution in [2.45, 2.75) is 53.6 Å². The molecule has 2 rings (SSSR count). The Balaban J connectivity index is 0. The fraction of sp³-hybridized carbons (Fsp3) is 0.400. The third-order valence-electron chi connectivity index (χ3n) is 2.93. The number of hydrogen-bond acceptors (Lipinski definition) is 3. The van der Waals surface area contributed by atoms with Crippen molar-refractivity contribution >= 4 is 17.7 Å². The van der Waals surface area contributed by atoms with E-state index in [1.165, 1.54) is 5.39 Å². The standard InChI is InChI=1S/C15H18N2.2C2H6.CH2O/c1-3-13(4-2)16-11-14-10-9-12-7-5-6-8-15(12)17-14;3*1-2/h3,5-10,13,16H,1,4,11H2,2H3;2*1-2H3;1H2. The largest absolute Gasteiger partial charge is 0.307 e. The third-order valence-corrected chi connectivity index (χ3v) is 2.93. The Kier molecular flexibility index (Phi) is 16.6. The molecule has 1 unspecified atom stereocenters. The van der Waals surface area contributed by atoms with Crippen LogP contribution in [0.2, 0.25) is 0 Å². The Morgan fingerprint density at radius 3 is 2.26 bits per heavy atom. The molecule has 0 saturated heterocycles. The number of carbonyl (C=O) groups is 1. The van der Waals surface area contributed by atoms with Gasteiger partial charge < -0.3 is 10.1 Å². The highest BCUT2D eigenvalue weighted by Gasteiger charge is 2.01. The van der Waals surface area contributed by atoms with Gasteiger partial charge in [0.15, 0.2) is 0 Å². The van der Waals surface area contributed by atoms with Crippen molar-refractivity contribution in [3.8, 4) is 0 Å². The molecule has 23 heavy (non-hydrogen) atoms. The molecule has 1 N–H and O–H groups in total. The van der Waals surface area contributed by atoms with Crippen molar-refractivity contribution < 1.29 is 4.79 Å². The second kappa shape index (κ2) is 16.4. The van der Waals surface area contributed by atoms with E-state index >= 15 is 0 Å². The second-order valence-corrected chi connectivity index (χ2v) is 4.13. The van der Waals surface area contributed by atoms with Gasteiger partial charge in [0.25, 0.3) is 0 Å². The maximum absolute atomic E-state index is 8.00. The third kappa shape index (κ3) is 8.89. The van der Waals surface area contributed by atoms with Crippen molar-refractivity contribution in [1.29, 1.82) is 0 Å². The van der Waals surface area contributed by atoms with Crippen molar-refractivity contribution in [1.82, 2.24) is 10.3 Å². The number of aromatic nitrogens is 1. The summed E-state index contributed by atoms with van der Waals surface area (Å²) in [5.41, 5.74) is 2.13. The highest BCUT2D eigenvalue weighted by Crippen LogP contribution is 2.11. The average Bonchev–Trinajstić information content (AvgIpc) is 2.67. The van der Waals surface area contributed by atoms with Gasteiger partial charge in [-0.1, -0.05) is 65.0 Å². The minimum Gasteiger partial charge on any atom is -0.307 e. The van der Waals surface area contributed by atoms with Gasteiger partial charge in [-0.3, -0.25) is 4.98 Å². The molecule has 0 bridgehead atoms. The average molecular weight is 316 g/mol. The molecular formula is C20H32N2O. The maximum atomic E-state index is 8.00. The smallest absolute Gasteiger partial charge is 0.106 e. The molecule has 1 aromatic heterocycles. The van der Waals surface area contributed by atoms with Crippen LogP contribution in [0, 0.1) is 0 Å². The Morgan fingerprint density at radius 1 is 1.09 bits per heavy atom. The summed E-state index contributed by atoms with van der Waals surface area (Å²) in [6, 6.07) is 12.7. The zero-order valence-electron chi connectivity index (χ0n) is 15.3. The molecule has 2 aromatic rings. The zero-order chi connectivity index (χ0) is 18.1. The van der Waals surface area contributed by atoms with Gasteiger partial charge in [-0.2, -0.15) is 0 Å². The van der Waals surface area contributed by atoms with Crippen molar-refractivity contribution in [3.05, 3.63) is 54.7 Å². The van der Waals surface area contributed by atoms with Gasteiger partial charge in [-0.25, -0.2) is 0 Å². The summed E-state index contributed by atoms with van der Waals surface area (Å²) in [7, 11) is 0. The van der Waals surface area contributed by atoms with Crippen LogP contribution >= 0.6 is 0 Å². The molecule has 0 amide bonds. The number of nitrogens with zero attached hydrogens (tertiary/aromatic N) is 1. The number of carbonyl (C=O) groups excluding carboxylic acids is 1. The van der Waals surface area contributed by atoms with Crippen molar-refractivity contribution in [2.75, 3.05) is 0 Å². The minimum absolute atomic E-state index is 0.364. The van der Waals surface area contributed by atoms with E-state index in [1.54, 1.807) is 0 Å². The number of para-hydroxylation sites is 1. The lowest BCUT2D eigenvalue weighted by atomic mass is 10.2. The summed E-state index contributed by atoms with van der Waals surface area (Å²) in [6.45, 7) is 16.7. The first-order valence-electron chi connectivity index (χ1n) is 8.33. The number of benzene rings is 1. The highest BCUT2D eigenvalue weighted by molar-refractivity contribution is 5.78. The predicted molar refractivity (Wildman–Crippen MR) is 103 cm³/mol. The molecule has 0 fully saturated rings. The van der Waals surface area contributed by atoms with Gasteiger partial charge in [-0.15, -0.1) is 6.58 Å². The molecule has 1 atom stereocenters. The van der Waals surface area contributed by atoms with E-state index in [1.807, 2.05) is 58.8 Å². The molecule has 0 spiro atoms. The monoisotopic (exact) mass is 316 g/mol. The number of pyridine rings is 1. The number of fused-ring (bicyclic) bond motifs is 1. The summed E-state index contributed by atoms with van der Waals surface area (Å²) >= 11 is 0. The summed E-state index contributed by atoms with van der Waals surface area (Å²) in [6.07, 6.45) is 3.00. The Bertz CT molecular complexity index is 526. The SMILES string of the molecule is C=CC(CC)NCc1ccc2ccccc2n1.C=O.CC.CC. The fourth-order valence-electron chi connectivity index (χ4n) is 1.84. The number of nitrogens with one attached hydrogen (secondary N) is 1. The topological polar surface area (TPSA) is 42.0 Å². The lowest BCUT2D eigenvalue weighted by molar-refractivity contribution is -0.0979. The Hall–Kier alpha value is -2.00. The maximum Gasteiger partial charge on any atom is 0.106 e. The van der Waals surface area contributed by atoms with Crippen LogP contribution in [0.5, 0.6) is 0 Å². The lowest BCUT2D eigenvalue weighted by Gasteiger charge is -2.11. The minimum atomic E-state index is 0.364. The van der Waals surface area contributed by atoms with Gasteiger partial charge >= 0.3 is 0 Å². The summed E-state index contributed by atoms with van der Waals surface area (Å²) < 4.78 is 0. The van der Waals surface area contributed by atoms with Gasteiger partial charge in [0.1, 0.15) is 6.79 Å². The first-order valence-corrected chi connectivity index (χ1v) is 8.33. The molecule has 3 nitrogen and oxygen atoms in total. The molecule has 3 heteroatoms. The normalized spacial score (nSPS) is 9.96. The van der Waals surface area contributed by atoms with E-state index in [2.05, 4.69) is 42.0 Å². The van der Waals surface area contributed by atoms with E-state index in [0.29, 0.717) is 6.04 Å². The molecule has 0 aliphatic carbocycles. The van der Waals surface area contributed by atoms with Crippen LogP contribution in [0.15, 0.2) is 49.1 Å². The molecule has 0 radical (unpaired) electrons. The predicted octanol–water partition coefficient (Wildman–Crippen LogP) is 5.16. The molecule has 0 saturated carbocycles. The van der Waals surface area contributed by atoms with Crippen LogP contribution in [0.3, 0.4) is 0 Å². The van der Waals surface area contributed by atoms with Crippen LogP contribution < -0.4 is 5.32 Å². The van der Waals surface area contributed by atoms with Gasteiger partial charge in [0.05, 0.1) is 11.2 Å². The van der Waals surface area contributed by atoms with Crippen LogP contribution in [0.1, 0.15) is 46.7 Å². The molecule has 1 aromatic carbocycles. The van der Waals surface area contributed by atoms with Crippen molar-refractivity contribution in [2.24, 2.45) is 0 Å². The molecule has 0 aliphatic heterocycles. The lowest BCUT2D eigenvalue weighted by Crippen LogP contribution is -2.25. The second-order valence-electron chi connectivity index (χ2n) is 4.13. The van der Waals surface area contributed by atoms with E-state index < -0.39 is 0 Å². The van der Waals surface area contributed by atoms with Crippen LogP contribution in [0.25, 0.3) is 10.9 Å². The summed E-state index contributed by atoms with van der Waals surface area (Å²) in [4.78, 5) is 12.6. The molecular weight excluding hydrogens is 284 g/mol. The van der Waals surface area contributed by atoms with E-state index in [4.69, 9.17) is 4.79 Å². The highest BCUT2D eigenvalue weighted by atomic mass is 16.1. The van der Waals surface area contributed by atoms with E-state index in [9.17, 15) is 0 Å². The number of hydrogen-bond donors (Lipinski definition) is 1. The first kappa shape index (κ1) is 23.3. The number of rotatable bonds is 5. The summed E-state index contributed by atoms with van der Waals surface area (Å²) in [5.74, 6) is 0. The zero-order valence-corrected chi connectivity index (χ0v) is 15.3. The quantitative estimate of drug-likeness (QED) is 0.775. The fourth-order valence-corrected chi connectivity index (χ4v) is 1.84.